The largest absolute Gasteiger partial charge is 0.370 e. The predicted octanol–water partition coefficient (Wildman–Crippen LogP) is -0.215. The predicted molar refractivity (Wildman–Crippen MR) is 56.2 cm³/mol. The van der Waals surface area contributed by atoms with Crippen LogP contribution in [0.4, 0.5) is 11.9 Å². The monoisotopic (exact) mass is 230 g/mol. The molecule has 0 aliphatic heterocycles. The molecule has 1 aromatic heterocycles. The number of hydrogen-bond acceptors (Lipinski definition) is 6. The first-order chi connectivity index (χ1) is 7.08. The zero-order valence-electron chi connectivity index (χ0n) is 7.90. The van der Waals surface area contributed by atoms with Gasteiger partial charge in [0.05, 0.1) is 0 Å². The highest BCUT2D eigenvalue weighted by molar-refractivity contribution is 6.28. The summed E-state index contributed by atoms with van der Waals surface area (Å²) in [6.45, 7) is 0.517. The second-order valence-corrected chi connectivity index (χ2v) is 3.12. The van der Waals surface area contributed by atoms with Crippen molar-refractivity contribution in [2.24, 2.45) is 5.73 Å². The molecule has 8 heteroatoms. The van der Waals surface area contributed by atoms with E-state index in [1.165, 1.54) is 0 Å². The van der Waals surface area contributed by atoms with Crippen LogP contribution in [-0.4, -0.2) is 27.4 Å². The van der Waals surface area contributed by atoms with Crippen LogP contribution in [0.1, 0.15) is 12.8 Å². The molecule has 1 rings (SSSR count). The van der Waals surface area contributed by atoms with Crippen molar-refractivity contribution >= 4 is 29.4 Å². The number of primary amides is 1. The van der Waals surface area contributed by atoms with Gasteiger partial charge in [0.25, 0.3) is 0 Å². The van der Waals surface area contributed by atoms with E-state index in [1.54, 1.807) is 0 Å². The van der Waals surface area contributed by atoms with Crippen LogP contribution in [0.3, 0.4) is 0 Å². The fourth-order valence-corrected chi connectivity index (χ4v) is 1.07. The number of nitrogens with zero attached hydrogens (tertiary/aromatic N) is 3. The van der Waals surface area contributed by atoms with Gasteiger partial charge in [-0.15, -0.1) is 0 Å². The average Bonchev–Trinajstić information content (AvgIpc) is 2.10. The molecule has 0 spiro atoms. The second kappa shape index (κ2) is 5.30. The van der Waals surface area contributed by atoms with Crippen LogP contribution in [0.25, 0.3) is 0 Å². The third-order valence-electron chi connectivity index (χ3n) is 1.51. The maximum absolute atomic E-state index is 10.4. The minimum atomic E-state index is -0.343. The summed E-state index contributed by atoms with van der Waals surface area (Å²) in [4.78, 5) is 21.6. The van der Waals surface area contributed by atoms with Crippen molar-refractivity contribution in [3.63, 3.8) is 0 Å². The van der Waals surface area contributed by atoms with Gasteiger partial charge in [0, 0.05) is 13.0 Å². The molecule has 0 atom stereocenters. The van der Waals surface area contributed by atoms with Gasteiger partial charge < -0.3 is 16.8 Å². The maximum atomic E-state index is 10.4. The number of carbonyl (C=O) groups excluding carboxylic acids is 1. The van der Waals surface area contributed by atoms with E-state index in [2.05, 4.69) is 20.3 Å². The maximum Gasteiger partial charge on any atom is 0.228 e. The quantitative estimate of drug-likeness (QED) is 0.602. The van der Waals surface area contributed by atoms with Crippen LogP contribution in [0.15, 0.2) is 0 Å². The minimum absolute atomic E-state index is 0.0277. The van der Waals surface area contributed by atoms with Crippen molar-refractivity contribution in [3.8, 4) is 0 Å². The Balaban J connectivity index is 2.40. The number of nitrogen functional groups attached to an aromatic ring is 1. The lowest BCUT2D eigenvalue weighted by molar-refractivity contribution is -0.118. The van der Waals surface area contributed by atoms with Gasteiger partial charge in [-0.3, -0.25) is 4.79 Å². The summed E-state index contributed by atoms with van der Waals surface area (Å²) < 4.78 is 0. The standard InChI is InChI=1S/C7H11ClN6O/c8-5-12-6(10)14-7(13-5)11-3-1-2-4(9)15/h1-3H2,(H2,9,15)(H3,10,11,12,13,14). The highest BCUT2D eigenvalue weighted by atomic mass is 35.5. The number of carbonyl (C=O) groups is 1. The Labute approximate surface area is 91.2 Å². The fourth-order valence-electron chi connectivity index (χ4n) is 0.907. The molecule has 82 valence electrons. The Morgan fingerprint density at radius 2 is 2.13 bits per heavy atom. The SMILES string of the molecule is NC(=O)CCCNc1nc(N)nc(Cl)n1. The number of nitrogens with two attached hydrogens (primary N) is 2. The number of aromatic nitrogens is 3. The lowest BCUT2D eigenvalue weighted by Crippen LogP contribution is -2.14. The molecule has 7 nitrogen and oxygen atoms in total. The Hall–Kier alpha value is -1.63. The van der Waals surface area contributed by atoms with E-state index in [1.807, 2.05) is 0 Å². The Bertz CT molecular complexity index is 337. The molecule has 1 aromatic rings. The van der Waals surface area contributed by atoms with Gasteiger partial charge in [-0.05, 0) is 18.0 Å². The highest BCUT2D eigenvalue weighted by Gasteiger charge is 2.01. The average molecular weight is 231 g/mol. The number of rotatable bonds is 5. The smallest absolute Gasteiger partial charge is 0.228 e. The van der Waals surface area contributed by atoms with Crippen LogP contribution in [-0.2, 0) is 4.79 Å². The lowest BCUT2D eigenvalue weighted by Gasteiger charge is -2.03. The van der Waals surface area contributed by atoms with Gasteiger partial charge in [-0.2, -0.15) is 15.0 Å². The van der Waals surface area contributed by atoms with Gasteiger partial charge >= 0.3 is 0 Å². The molecule has 0 saturated heterocycles. The molecule has 0 fully saturated rings. The van der Waals surface area contributed by atoms with Crippen molar-refractivity contribution in [2.45, 2.75) is 12.8 Å². The summed E-state index contributed by atoms with van der Waals surface area (Å²) in [6, 6.07) is 0. The van der Waals surface area contributed by atoms with Crippen molar-refractivity contribution < 1.29 is 4.79 Å². The lowest BCUT2D eigenvalue weighted by atomic mass is 10.3. The zero-order valence-corrected chi connectivity index (χ0v) is 8.66. The first kappa shape index (κ1) is 11.4. The number of amides is 1. The zero-order chi connectivity index (χ0) is 11.3. The van der Waals surface area contributed by atoms with E-state index in [0.29, 0.717) is 19.4 Å². The summed E-state index contributed by atoms with van der Waals surface area (Å²) in [7, 11) is 0. The molecule has 0 aliphatic rings. The molecular formula is C7H11ClN6O. The number of hydrogen-bond donors (Lipinski definition) is 3. The molecule has 0 saturated carbocycles. The topological polar surface area (TPSA) is 120 Å². The van der Waals surface area contributed by atoms with Crippen molar-refractivity contribution in [3.05, 3.63) is 5.28 Å². The van der Waals surface area contributed by atoms with E-state index >= 15 is 0 Å². The molecule has 5 N–H and O–H groups in total. The number of halogens is 1. The summed E-state index contributed by atoms with van der Waals surface area (Å²) in [6.07, 6.45) is 0.903. The molecule has 1 amide bonds. The van der Waals surface area contributed by atoms with Crippen LogP contribution in [0, 0.1) is 0 Å². The van der Waals surface area contributed by atoms with E-state index < -0.39 is 0 Å². The van der Waals surface area contributed by atoms with E-state index in [4.69, 9.17) is 23.1 Å². The fraction of sp³-hybridized carbons (Fsp3) is 0.429. The molecular weight excluding hydrogens is 220 g/mol. The first-order valence-corrected chi connectivity index (χ1v) is 4.65. The van der Waals surface area contributed by atoms with Gasteiger partial charge in [-0.1, -0.05) is 0 Å². The molecule has 0 aromatic carbocycles. The van der Waals surface area contributed by atoms with Crippen LogP contribution >= 0.6 is 11.6 Å². The van der Waals surface area contributed by atoms with E-state index in [0.717, 1.165) is 0 Å². The summed E-state index contributed by atoms with van der Waals surface area (Å²) in [5.74, 6) is -0.00522. The Morgan fingerprint density at radius 1 is 1.40 bits per heavy atom. The summed E-state index contributed by atoms with van der Waals surface area (Å²) in [5, 5.41) is 2.87. The van der Waals surface area contributed by atoms with Crippen molar-refractivity contribution in [1.29, 1.82) is 0 Å². The second-order valence-electron chi connectivity index (χ2n) is 2.78. The third kappa shape index (κ3) is 4.41. The van der Waals surface area contributed by atoms with Gasteiger partial charge in [0.15, 0.2) is 0 Å². The number of anilines is 2. The van der Waals surface area contributed by atoms with Gasteiger partial charge in [0.2, 0.25) is 23.1 Å². The molecule has 15 heavy (non-hydrogen) atoms. The first-order valence-electron chi connectivity index (χ1n) is 4.27. The van der Waals surface area contributed by atoms with Crippen LogP contribution in [0.2, 0.25) is 5.28 Å². The molecule has 0 bridgehead atoms. The number of nitrogens with one attached hydrogen (secondary N) is 1. The van der Waals surface area contributed by atoms with Gasteiger partial charge in [-0.25, -0.2) is 0 Å². The highest BCUT2D eigenvalue weighted by Crippen LogP contribution is 2.06. The molecule has 0 unspecified atom stereocenters. The molecule has 0 radical (unpaired) electrons. The van der Waals surface area contributed by atoms with E-state index in [9.17, 15) is 4.79 Å². The van der Waals surface area contributed by atoms with Crippen molar-refractivity contribution in [2.75, 3.05) is 17.6 Å². The third-order valence-corrected chi connectivity index (χ3v) is 1.68. The van der Waals surface area contributed by atoms with Crippen LogP contribution < -0.4 is 16.8 Å². The summed E-state index contributed by atoms with van der Waals surface area (Å²) in [5.41, 5.74) is 10.3. The van der Waals surface area contributed by atoms with Crippen molar-refractivity contribution in [1.82, 2.24) is 15.0 Å². The Morgan fingerprint density at radius 3 is 2.73 bits per heavy atom. The van der Waals surface area contributed by atoms with E-state index in [-0.39, 0.29) is 23.1 Å². The Kier molecular flexibility index (Phi) is 4.04. The minimum Gasteiger partial charge on any atom is -0.370 e. The van der Waals surface area contributed by atoms with Crippen LogP contribution in [0.5, 0.6) is 0 Å². The van der Waals surface area contributed by atoms with Gasteiger partial charge in [0.1, 0.15) is 0 Å². The summed E-state index contributed by atoms with van der Waals surface area (Å²) >= 11 is 5.56. The normalized spacial score (nSPS) is 9.93. The molecule has 0 aliphatic carbocycles. The molecule has 1 heterocycles.